The van der Waals surface area contributed by atoms with Crippen LogP contribution in [0.1, 0.15) is 84.7 Å². The summed E-state index contributed by atoms with van der Waals surface area (Å²) in [6.45, 7) is 4.06. The van der Waals surface area contributed by atoms with Gasteiger partial charge in [0.2, 0.25) is 11.5 Å². The second kappa shape index (κ2) is 8.93. The lowest BCUT2D eigenvalue weighted by Gasteiger charge is -2.31. The van der Waals surface area contributed by atoms with Gasteiger partial charge in [-0.25, -0.2) is 13.8 Å². The van der Waals surface area contributed by atoms with Crippen LogP contribution in [-0.2, 0) is 11.8 Å². The summed E-state index contributed by atoms with van der Waals surface area (Å²) in [7, 11) is 1.71. The molecule has 1 saturated heterocycles. The lowest BCUT2D eigenvalue weighted by atomic mass is 9.84. The number of hydrogen-bond acceptors (Lipinski definition) is 5. The van der Waals surface area contributed by atoms with Crippen molar-refractivity contribution in [2.75, 3.05) is 6.61 Å². The number of ether oxygens (including phenoxy) is 1. The predicted octanol–water partition coefficient (Wildman–Crippen LogP) is 4.33. The number of hydrogen-bond donors (Lipinski definition) is 0. The molecule has 2 aliphatic rings. The lowest BCUT2D eigenvalue weighted by molar-refractivity contribution is -0.0384. The van der Waals surface area contributed by atoms with Crippen molar-refractivity contribution >= 4 is 5.65 Å². The first kappa shape index (κ1) is 23.8. The summed E-state index contributed by atoms with van der Waals surface area (Å²) < 4.78 is 36.9. The van der Waals surface area contributed by atoms with Gasteiger partial charge in [0.05, 0.1) is 17.5 Å². The number of fused-ring (bicyclic) bond motifs is 1. The molecule has 0 amide bonds. The van der Waals surface area contributed by atoms with Gasteiger partial charge in [-0.1, -0.05) is 0 Å². The topological polar surface area (TPSA) is 78.5 Å². The second-order valence-electron chi connectivity index (χ2n) is 9.99. The Morgan fingerprint density at radius 1 is 1.03 bits per heavy atom. The average Bonchev–Trinajstić information content (AvgIpc) is 2.84. The molecule has 1 aliphatic carbocycles. The van der Waals surface area contributed by atoms with E-state index in [1.165, 1.54) is 10.6 Å². The van der Waals surface area contributed by atoms with Crippen LogP contribution in [0.4, 0.5) is 8.78 Å². The van der Waals surface area contributed by atoms with E-state index in [0.717, 1.165) is 17.7 Å². The molecule has 2 atom stereocenters. The quantitative estimate of drug-likeness (QED) is 0.553. The molecule has 2 fully saturated rings. The number of halogens is 2. The Morgan fingerprint density at radius 2 is 1.77 bits per heavy atom. The summed E-state index contributed by atoms with van der Waals surface area (Å²) in [6, 6.07) is 3.32. The van der Waals surface area contributed by atoms with Crippen LogP contribution < -0.4 is 11.1 Å². The molecule has 9 heteroatoms. The van der Waals surface area contributed by atoms with Crippen LogP contribution in [0.5, 0.6) is 0 Å². The molecule has 0 bridgehead atoms. The Kier molecular flexibility index (Phi) is 6.07. The number of rotatable bonds is 3. The average molecular weight is 485 g/mol. The monoisotopic (exact) mass is 484 g/mol. The maximum Gasteiger partial charge on any atom is 0.261 e. The number of pyridine rings is 1. The molecular weight excluding hydrogens is 454 g/mol. The molecule has 3 aromatic heterocycles. The largest absolute Gasteiger partial charge is 0.373 e. The predicted molar refractivity (Wildman–Crippen MR) is 127 cm³/mol. The van der Waals surface area contributed by atoms with Crippen molar-refractivity contribution in [1.29, 1.82) is 0 Å². The van der Waals surface area contributed by atoms with Gasteiger partial charge >= 0.3 is 0 Å². The molecule has 35 heavy (non-hydrogen) atoms. The molecule has 0 spiro atoms. The van der Waals surface area contributed by atoms with Crippen molar-refractivity contribution in [3.63, 3.8) is 0 Å². The minimum absolute atomic E-state index is 0.0210. The Hall–Kier alpha value is -2.94. The van der Waals surface area contributed by atoms with Crippen LogP contribution in [0.2, 0.25) is 0 Å². The van der Waals surface area contributed by atoms with E-state index in [0.29, 0.717) is 48.5 Å². The first-order valence-electron chi connectivity index (χ1n) is 12.2. The maximum absolute atomic E-state index is 13.9. The number of alkyl halides is 2. The number of aryl methyl sites for hydroxylation is 2. The van der Waals surface area contributed by atoms with Crippen LogP contribution >= 0.6 is 0 Å². The molecule has 186 valence electrons. The summed E-state index contributed by atoms with van der Waals surface area (Å²) in [5, 5.41) is 0. The Bertz CT molecular complexity index is 1390. The molecule has 0 aromatic carbocycles. The van der Waals surface area contributed by atoms with Gasteiger partial charge in [-0.3, -0.25) is 19.0 Å². The summed E-state index contributed by atoms with van der Waals surface area (Å²) in [5.41, 5.74) is 3.75. The van der Waals surface area contributed by atoms with Crippen molar-refractivity contribution < 1.29 is 13.5 Å². The molecule has 1 aliphatic heterocycles. The third kappa shape index (κ3) is 4.53. The summed E-state index contributed by atoms with van der Waals surface area (Å²) in [5.74, 6) is -2.80. The Morgan fingerprint density at radius 3 is 2.49 bits per heavy atom. The maximum atomic E-state index is 13.9. The van der Waals surface area contributed by atoms with Gasteiger partial charge in [-0.2, -0.15) is 0 Å². The van der Waals surface area contributed by atoms with Crippen molar-refractivity contribution in [2.45, 2.75) is 76.2 Å². The van der Waals surface area contributed by atoms with Crippen LogP contribution in [0.15, 0.2) is 34.1 Å². The molecule has 0 radical (unpaired) electrons. The highest BCUT2D eigenvalue weighted by Crippen LogP contribution is 2.42. The standard InChI is InChI=1S/C26H30F2N4O3/c1-15-16(2)29-24-23(17-6-9-26(27,28)10-7-17)30-20(14-32(24)25(15)34)18-8-11-35-21(12-18)19-4-5-22(33)31(3)13-19/h4-5,13-14,17-18,21H,6-12H2,1-3H3/t18-,21+/m1/s1. The zero-order valence-corrected chi connectivity index (χ0v) is 20.3. The molecule has 5 rings (SSSR count). The fourth-order valence-corrected chi connectivity index (χ4v) is 5.27. The third-order valence-corrected chi connectivity index (χ3v) is 7.61. The fraction of sp³-hybridized carbons (Fsp3) is 0.538. The normalized spacial score (nSPS) is 23.0. The molecule has 0 N–H and O–H groups in total. The van der Waals surface area contributed by atoms with E-state index in [9.17, 15) is 18.4 Å². The van der Waals surface area contributed by atoms with E-state index in [-0.39, 0.29) is 41.9 Å². The Labute approximate surface area is 201 Å². The van der Waals surface area contributed by atoms with Crippen LogP contribution in [0.3, 0.4) is 0 Å². The molecule has 0 unspecified atom stereocenters. The van der Waals surface area contributed by atoms with Gasteiger partial charge in [-0.15, -0.1) is 0 Å². The summed E-state index contributed by atoms with van der Waals surface area (Å²) in [6.07, 6.45) is 5.00. The Balaban J connectivity index is 1.56. The van der Waals surface area contributed by atoms with Crippen molar-refractivity contribution in [2.24, 2.45) is 7.05 Å². The first-order chi connectivity index (χ1) is 16.6. The van der Waals surface area contributed by atoms with Crippen molar-refractivity contribution in [1.82, 2.24) is 18.9 Å². The van der Waals surface area contributed by atoms with E-state index in [4.69, 9.17) is 9.72 Å². The first-order valence-corrected chi connectivity index (χ1v) is 12.2. The van der Waals surface area contributed by atoms with Gasteiger partial charge in [0.15, 0.2) is 5.65 Å². The molecule has 1 saturated carbocycles. The molecular formula is C26H30F2N4O3. The van der Waals surface area contributed by atoms with E-state index in [1.54, 1.807) is 43.8 Å². The van der Waals surface area contributed by atoms with E-state index in [1.807, 2.05) is 0 Å². The van der Waals surface area contributed by atoms with Gasteiger partial charge in [-0.05, 0) is 51.2 Å². The van der Waals surface area contributed by atoms with Crippen LogP contribution in [0, 0.1) is 13.8 Å². The van der Waals surface area contributed by atoms with Gasteiger partial charge in [0.1, 0.15) is 0 Å². The minimum Gasteiger partial charge on any atom is -0.373 e. The zero-order valence-electron chi connectivity index (χ0n) is 20.3. The smallest absolute Gasteiger partial charge is 0.261 e. The second-order valence-corrected chi connectivity index (χ2v) is 9.99. The van der Waals surface area contributed by atoms with Crippen molar-refractivity contribution in [3.8, 4) is 0 Å². The minimum atomic E-state index is -2.65. The molecule has 3 aromatic rings. The van der Waals surface area contributed by atoms with E-state index in [2.05, 4.69) is 4.98 Å². The highest BCUT2D eigenvalue weighted by atomic mass is 19.3. The highest BCUT2D eigenvalue weighted by molar-refractivity contribution is 5.48. The summed E-state index contributed by atoms with van der Waals surface area (Å²) >= 11 is 0. The number of nitrogens with zero attached hydrogens (tertiary/aromatic N) is 4. The molecule has 7 nitrogen and oxygen atoms in total. The van der Waals surface area contributed by atoms with Crippen LogP contribution in [0.25, 0.3) is 5.65 Å². The van der Waals surface area contributed by atoms with Crippen molar-refractivity contribution in [3.05, 3.63) is 73.4 Å². The lowest BCUT2D eigenvalue weighted by Crippen LogP contribution is -2.28. The third-order valence-electron chi connectivity index (χ3n) is 7.61. The number of aromatic nitrogens is 4. The SMILES string of the molecule is Cc1nc2c(C3CCC(F)(F)CC3)nc([C@@H]3CCO[C@H](c4ccc(=O)n(C)c4)C3)cn2c(=O)c1C. The van der Waals surface area contributed by atoms with E-state index >= 15 is 0 Å². The highest BCUT2D eigenvalue weighted by Gasteiger charge is 2.37. The fourth-order valence-electron chi connectivity index (χ4n) is 5.27. The van der Waals surface area contributed by atoms with Gasteiger partial charge < -0.3 is 9.30 Å². The zero-order chi connectivity index (χ0) is 24.9. The van der Waals surface area contributed by atoms with Gasteiger partial charge in [0.25, 0.3) is 5.56 Å². The summed E-state index contributed by atoms with van der Waals surface area (Å²) in [4.78, 5) is 34.7. The van der Waals surface area contributed by atoms with Crippen LogP contribution in [-0.4, -0.2) is 31.5 Å². The van der Waals surface area contributed by atoms with E-state index < -0.39 is 5.92 Å². The van der Waals surface area contributed by atoms with Gasteiger partial charge in [0, 0.05) is 68.0 Å². The molecule has 4 heterocycles.